The molecule has 0 unspecified atom stereocenters. The summed E-state index contributed by atoms with van der Waals surface area (Å²) in [6.45, 7) is 0. The summed E-state index contributed by atoms with van der Waals surface area (Å²) in [7, 11) is -3.33. The van der Waals surface area contributed by atoms with Crippen LogP contribution in [0, 0.1) is 0 Å². The highest BCUT2D eigenvalue weighted by Crippen LogP contribution is 2.27. The summed E-state index contributed by atoms with van der Waals surface area (Å²) in [4.78, 5) is 4.36. The minimum Gasteiger partial charge on any atom is -0.436 e. The highest BCUT2D eigenvalue weighted by atomic mass is 35.5. The topological polar surface area (TPSA) is 72.2 Å². The molecule has 0 atom stereocenters. The average molecular weight is 323 g/mol. The first-order chi connectivity index (χ1) is 9.90. The van der Waals surface area contributed by atoms with Gasteiger partial charge in [0.25, 0.3) is 0 Å². The lowest BCUT2D eigenvalue weighted by Gasteiger charge is -2.01. The fraction of sp³-hybridized carbons (Fsp3) is 0.0714. The number of benzene rings is 2. The molecule has 0 spiro atoms. The number of nitrogens with one attached hydrogen (secondary N) is 1. The van der Waals surface area contributed by atoms with E-state index in [2.05, 4.69) is 9.71 Å². The van der Waals surface area contributed by atoms with Gasteiger partial charge < -0.3 is 4.42 Å². The second kappa shape index (κ2) is 5.05. The van der Waals surface area contributed by atoms with Crippen molar-refractivity contribution in [2.75, 3.05) is 11.0 Å². The fourth-order valence-corrected chi connectivity index (χ4v) is 2.69. The second-order valence-corrected chi connectivity index (χ2v) is 6.77. The Kier molecular flexibility index (Phi) is 3.35. The van der Waals surface area contributed by atoms with Gasteiger partial charge in [-0.05, 0) is 30.3 Å². The van der Waals surface area contributed by atoms with Gasteiger partial charge in [-0.15, -0.1) is 0 Å². The van der Waals surface area contributed by atoms with Crippen LogP contribution in [0.1, 0.15) is 0 Å². The monoisotopic (exact) mass is 322 g/mol. The fourth-order valence-electron chi connectivity index (χ4n) is 1.95. The van der Waals surface area contributed by atoms with Crippen molar-refractivity contribution in [3.05, 3.63) is 47.5 Å². The SMILES string of the molecule is CS(=O)(=O)Nc1ccc2nc(-c3cccc(Cl)c3)oc2c1. The van der Waals surface area contributed by atoms with Crippen molar-refractivity contribution in [3.63, 3.8) is 0 Å². The molecule has 1 heterocycles. The van der Waals surface area contributed by atoms with Crippen molar-refractivity contribution in [1.82, 2.24) is 4.98 Å². The van der Waals surface area contributed by atoms with Crippen LogP contribution in [-0.2, 0) is 10.0 Å². The smallest absolute Gasteiger partial charge is 0.229 e. The maximum atomic E-state index is 11.2. The number of oxazole rings is 1. The van der Waals surface area contributed by atoms with E-state index < -0.39 is 10.0 Å². The summed E-state index contributed by atoms with van der Waals surface area (Å²) >= 11 is 5.95. The van der Waals surface area contributed by atoms with Gasteiger partial charge in [-0.3, -0.25) is 4.72 Å². The van der Waals surface area contributed by atoms with Crippen molar-refractivity contribution in [3.8, 4) is 11.5 Å². The molecule has 2 aromatic carbocycles. The number of hydrogen-bond donors (Lipinski definition) is 1. The maximum Gasteiger partial charge on any atom is 0.229 e. The zero-order valence-corrected chi connectivity index (χ0v) is 12.6. The molecule has 7 heteroatoms. The van der Waals surface area contributed by atoms with Gasteiger partial charge in [0, 0.05) is 16.7 Å². The van der Waals surface area contributed by atoms with Gasteiger partial charge in [-0.1, -0.05) is 17.7 Å². The Morgan fingerprint density at radius 2 is 2.00 bits per heavy atom. The van der Waals surface area contributed by atoms with Crippen LogP contribution in [0.25, 0.3) is 22.6 Å². The highest BCUT2D eigenvalue weighted by molar-refractivity contribution is 7.92. The van der Waals surface area contributed by atoms with Crippen LogP contribution in [0.2, 0.25) is 5.02 Å². The third-order valence-electron chi connectivity index (χ3n) is 2.76. The molecule has 21 heavy (non-hydrogen) atoms. The van der Waals surface area contributed by atoms with Crippen LogP contribution in [0.5, 0.6) is 0 Å². The van der Waals surface area contributed by atoms with E-state index in [1.54, 1.807) is 30.3 Å². The zero-order chi connectivity index (χ0) is 15.0. The maximum absolute atomic E-state index is 11.2. The normalized spacial score (nSPS) is 11.7. The van der Waals surface area contributed by atoms with Crippen LogP contribution < -0.4 is 4.72 Å². The van der Waals surface area contributed by atoms with Crippen LogP contribution in [0.4, 0.5) is 5.69 Å². The number of rotatable bonds is 3. The molecule has 0 saturated carbocycles. The van der Waals surface area contributed by atoms with Gasteiger partial charge in [-0.2, -0.15) is 0 Å². The molecule has 5 nitrogen and oxygen atoms in total. The molecule has 0 aliphatic rings. The molecule has 0 bridgehead atoms. The van der Waals surface area contributed by atoms with E-state index in [1.807, 2.05) is 12.1 Å². The van der Waals surface area contributed by atoms with Crippen molar-refractivity contribution < 1.29 is 12.8 Å². The molecule has 1 aromatic heterocycles. The largest absolute Gasteiger partial charge is 0.436 e. The van der Waals surface area contributed by atoms with Crippen LogP contribution in [0.3, 0.4) is 0 Å². The summed E-state index contributed by atoms with van der Waals surface area (Å²) in [5.41, 5.74) is 2.33. The number of halogens is 1. The Balaban J connectivity index is 2.04. The average Bonchev–Trinajstić information content (AvgIpc) is 2.80. The molecule has 0 aliphatic heterocycles. The lowest BCUT2D eigenvalue weighted by Crippen LogP contribution is -2.09. The molecule has 0 amide bonds. The Labute approximate surface area is 126 Å². The standard InChI is InChI=1S/C14H11ClN2O3S/c1-21(18,19)17-11-5-6-12-13(8-11)20-14(16-12)9-3-2-4-10(15)7-9/h2-8,17H,1H3. The second-order valence-electron chi connectivity index (χ2n) is 4.59. The van der Waals surface area contributed by atoms with Gasteiger partial charge in [0.15, 0.2) is 5.58 Å². The lowest BCUT2D eigenvalue weighted by atomic mass is 10.2. The zero-order valence-electron chi connectivity index (χ0n) is 11.0. The van der Waals surface area contributed by atoms with Crippen molar-refractivity contribution in [2.45, 2.75) is 0 Å². The van der Waals surface area contributed by atoms with E-state index in [4.69, 9.17) is 16.0 Å². The summed E-state index contributed by atoms with van der Waals surface area (Å²) in [5, 5.41) is 0.592. The Morgan fingerprint density at radius 1 is 1.19 bits per heavy atom. The number of fused-ring (bicyclic) bond motifs is 1. The molecule has 1 N–H and O–H groups in total. The van der Waals surface area contributed by atoms with Crippen LogP contribution >= 0.6 is 11.6 Å². The molecule has 3 aromatic rings. The summed E-state index contributed by atoms with van der Waals surface area (Å²) < 4.78 is 30.5. The quantitative estimate of drug-likeness (QED) is 0.800. The first-order valence-corrected chi connectivity index (χ1v) is 8.32. The van der Waals surface area contributed by atoms with Crippen molar-refractivity contribution >= 4 is 38.4 Å². The summed E-state index contributed by atoms with van der Waals surface area (Å²) in [5.74, 6) is 0.434. The Hall–Kier alpha value is -2.05. The minimum absolute atomic E-state index is 0.429. The molecule has 0 radical (unpaired) electrons. The van der Waals surface area contributed by atoms with E-state index in [-0.39, 0.29) is 0 Å². The van der Waals surface area contributed by atoms with E-state index in [1.165, 1.54) is 0 Å². The molecular formula is C14H11ClN2O3S. The first-order valence-electron chi connectivity index (χ1n) is 6.05. The van der Waals surface area contributed by atoms with Gasteiger partial charge in [-0.25, -0.2) is 13.4 Å². The number of hydrogen-bond acceptors (Lipinski definition) is 4. The van der Waals surface area contributed by atoms with E-state index in [0.29, 0.717) is 27.7 Å². The molecular weight excluding hydrogens is 312 g/mol. The van der Waals surface area contributed by atoms with Gasteiger partial charge in [0.05, 0.1) is 11.9 Å². The van der Waals surface area contributed by atoms with Crippen LogP contribution in [-0.4, -0.2) is 19.7 Å². The number of anilines is 1. The third kappa shape index (κ3) is 3.17. The number of sulfonamides is 1. The number of aromatic nitrogens is 1. The summed E-state index contributed by atoms with van der Waals surface area (Å²) in [6.07, 6.45) is 1.09. The van der Waals surface area contributed by atoms with Gasteiger partial charge in [0.1, 0.15) is 5.52 Å². The Morgan fingerprint density at radius 3 is 2.71 bits per heavy atom. The van der Waals surface area contributed by atoms with E-state index >= 15 is 0 Å². The molecule has 3 rings (SSSR count). The molecule has 108 valence electrons. The third-order valence-corrected chi connectivity index (χ3v) is 3.60. The highest BCUT2D eigenvalue weighted by Gasteiger charge is 2.10. The summed E-state index contributed by atoms with van der Waals surface area (Å²) in [6, 6.07) is 12.1. The Bertz CT molecular complexity index is 919. The minimum atomic E-state index is -3.33. The number of nitrogens with zero attached hydrogens (tertiary/aromatic N) is 1. The molecule has 0 saturated heterocycles. The predicted molar refractivity (Wildman–Crippen MR) is 82.9 cm³/mol. The predicted octanol–water partition coefficient (Wildman–Crippen LogP) is 3.52. The van der Waals surface area contributed by atoms with Crippen LogP contribution in [0.15, 0.2) is 46.9 Å². The van der Waals surface area contributed by atoms with E-state index in [0.717, 1.165) is 11.8 Å². The lowest BCUT2D eigenvalue weighted by molar-refractivity contribution is 0.607. The van der Waals surface area contributed by atoms with Crippen molar-refractivity contribution in [2.24, 2.45) is 0 Å². The van der Waals surface area contributed by atoms with Crippen molar-refractivity contribution in [1.29, 1.82) is 0 Å². The molecule has 0 aliphatic carbocycles. The molecule has 0 fully saturated rings. The van der Waals surface area contributed by atoms with Gasteiger partial charge in [0.2, 0.25) is 15.9 Å². The first kappa shape index (κ1) is 13.9. The van der Waals surface area contributed by atoms with Gasteiger partial charge >= 0.3 is 0 Å². The van der Waals surface area contributed by atoms with E-state index in [9.17, 15) is 8.42 Å².